The first kappa shape index (κ1) is 15.3. The fourth-order valence-electron chi connectivity index (χ4n) is 3.92. The molecule has 2 fully saturated rings. The van der Waals surface area contributed by atoms with Gasteiger partial charge in [0.2, 0.25) is 5.91 Å². The third kappa shape index (κ3) is 2.98. The monoisotopic (exact) mass is 303 g/mol. The van der Waals surface area contributed by atoms with E-state index >= 15 is 0 Å². The van der Waals surface area contributed by atoms with E-state index in [1.807, 2.05) is 29.2 Å². The van der Waals surface area contributed by atoms with E-state index in [0.29, 0.717) is 0 Å². The lowest BCUT2D eigenvalue weighted by molar-refractivity contribution is -0.137. The van der Waals surface area contributed by atoms with E-state index in [-0.39, 0.29) is 18.4 Å². The first-order valence-electron chi connectivity index (χ1n) is 8.28. The topological polar surface area (TPSA) is 49.8 Å². The Morgan fingerprint density at radius 1 is 1.32 bits per heavy atom. The number of para-hydroxylation sites is 1. The number of aliphatic hydroxyl groups is 1. The zero-order valence-electron chi connectivity index (χ0n) is 13.3. The van der Waals surface area contributed by atoms with Gasteiger partial charge >= 0.3 is 0 Å². The highest BCUT2D eigenvalue weighted by Gasteiger charge is 2.38. The van der Waals surface area contributed by atoms with Crippen LogP contribution in [-0.4, -0.2) is 35.2 Å². The van der Waals surface area contributed by atoms with Gasteiger partial charge in [-0.1, -0.05) is 31.0 Å². The minimum absolute atomic E-state index is 0.0775. The van der Waals surface area contributed by atoms with Gasteiger partial charge in [-0.15, -0.1) is 0 Å². The Balaban J connectivity index is 1.76. The maximum Gasteiger partial charge on any atom is 0.225 e. The van der Waals surface area contributed by atoms with Crippen molar-refractivity contribution in [3.05, 3.63) is 29.8 Å². The van der Waals surface area contributed by atoms with E-state index in [1.54, 1.807) is 7.11 Å². The van der Waals surface area contributed by atoms with Crippen LogP contribution in [0.1, 0.15) is 56.6 Å². The van der Waals surface area contributed by atoms with Crippen molar-refractivity contribution in [2.45, 2.75) is 56.6 Å². The number of nitrogens with zero attached hydrogens (tertiary/aromatic N) is 1. The van der Waals surface area contributed by atoms with Gasteiger partial charge in [-0.25, -0.2) is 0 Å². The van der Waals surface area contributed by atoms with Gasteiger partial charge in [0.05, 0.1) is 25.2 Å². The number of likely N-dealkylation sites (tertiary alicyclic amines) is 1. The second-order valence-corrected chi connectivity index (χ2v) is 6.60. The van der Waals surface area contributed by atoms with Gasteiger partial charge in [0.25, 0.3) is 0 Å². The number of carbonyl (C=O) groups is 1. The van der Waals surface area contributed by atoms with Crippen molar-refractivity contribution in [1.29, 1.82) is 0 Å². The molecule has 120 valence electrons. The summed E-state index contributed by atoms with van der Waals surface area (Å²) in [5, 5.41) is 10.5. The Morgan fingerprint density at radius 3 is 2.77 bits per heavy atom. The molecule has 1 aromatic carbocycles. The molecule has 0 bridgehead atoms. The van der Waals surface area contributed by atoms with Gasteiger partial charge in [0.1, 0.15) is 5.75 Å². The van der Waals surface area contributed by atoms with Crippen molar-refractivity contribution in [3.8, 4) is 5.75 Å². The molecule has 2 aliphatic rings. The number of ether oxygens (including phenoxy) is 1. The highest BCUT2D eigenvalue weighted by Crippen LogP contribution is 2.39. The van der Waals surface area contributed by atoms with Crippen LogP contribution in [0.5, 0.6) is 5.75 Å². The Hall–Kier alpha value is -1.55. The van der Waals surface area contributed by atoms with Crippen molar-refractivity contribution in [2.24, 2.45) is 0 Å². The van der Waals surface area contributed by atoms with E-state index in [4.69, 9.17) is 4.74 Å². The molecule has 1 aliphatic carbocycles. The number of rotatable bonds is 4. The summed E-state index contributed by atoms with van der Waals surface area (Å²) < 4.78 is 5.45. The number of benzene rings is 1. The normalized spacial score (nSPS) is 23.7. The summed E-state index contributed by atoms with van der Waals surface area (Å²) in [6.07, 6.45) is 5.80. The highest BCUT2D eigenvalue weighted by atomic mass is 16.5. The maximum absolute atomic E-state index is 12.7. The molecular weight excluding hydrogens is 278 g/mol. The average Bonchev–Trinajstić information content (AvgIpc) is 3.16. The largest absolute Gasteiger partial charge is 0.496 e. The molecular formula is C18H25NO3. The fraction of sp³-hybridized carbons (Fsp3) is 0.611. The zero-order valence-corrected chi connectivity index (χ0v) is 13.3. The lowest BCUT2D eigenvalue weighted by Gasteiger charge is -2.30. The molecule has 1 aliphatic heterocycles. The molecule has 0 radical (unpaired) electrons. The fourth-order valence-corrected chi connectivity index (χ4v) is 3.92. The summed E-state index contributed by atoms with van der Waals surface area (Å²) in [6.45, 7) is 0.775. The summed E-state index contributed by atoms with van der Waals surface area (Å²) in [6, 6.07) is 8.00. The van der Waals surface area contributed by atoms with E-state index in [2.05, 4.69) is 0 Å². The summed E-state index contributed by atoms with van der Waals surface area (Å²) in [5.74, 6) is 0.921. The predicted molar refractivity (Wildman–Crippen MR) is 84.7 cm³/mol. The average molecular weight is 303 g/mol. The summed E-state index contributed by atoms with van der Waals surface area (Å²) in [5.41, 5.74) is 0.305. The van der Waals surface area contributed by atoms with Crippen LogP contribution in [0.2, 0.25) is 0 Å². The van der Waals surface area contributed by atoms with Crippen LogP contribution in [0.25, 0.3) is 0 Å². The quantitative estimate of drug-likeness (QED) is 0.930. The highest BCUT2D eigenvalue weighted by molar-refractivity contribution is 5.78. The Morgan fingerprint density at radius 2 is 2.05 bits per heavy atom. The second kappa shape index (κ2) is 6.29. The van der Waals surface area contributed by atoms with E-state index in [1.165, 1.54) is 0 Å². The van der Waals surface area contributed by atoms with Gasteiger partial charge in [0.15, 0.2) is 0 Å². The molecule has 0 aromatic heterocycles. The second-order valence-electron chi connectivity index (χ2n) is 6.60. The summed E-state index contributed by atoms with van der Waals surface area (Å²) in [7, 11) is 1.67. The molecule has 0 spiro atoms. The lowest BCUT2D eigenvalue weighted by atomic mass is 9.96. The van der Waals surface area contributed by atoms with Crippen molar-refractivity contribution in [3.63, 3.8) is 0 Å². The SMILES string of the molecule is COc1ccccc1C1CCCN1C(=O)CC1(O)CCCC1. The molecule has 1 unspecified atom stereocenters. The minimum Gasteiger partial charge on any atom is -0.496 e. The van der Waals surface area contributed by atoms with Gasteiger partial charge in [-0.2, -0.15) is 0 Å². The Labute approximate surface area is 132 Å². The number of carbonyl (C=O) groups excluding carboxylic acids is 1. The van der Waals surface area contributed by atoms with Gasteiger partial charge < -0.3 is 14.7 Å². The van der Waals surface area contributed by atoms with Crippen molar-refractivity contribution >= 4 is 5.91 Å². The molecule has 4 heteroatoms. The van der Waals surface area contributed by atoms with Crippen molar-refractivity contribution in [1.82, 2.24) is 4.90 Å². The number of hydrogen-bond donors (Lipinski definition) is 1. The third-order valence-electron chi connectivity index (χ3n) is 5.09. The molecule has 1 heterocycles. The van der Waals surface area contributed by atoms with Crippen LogP contribution in [0.3, 0.4) is 0 Å². The predicted octanol–water partition coefficient (Wildman–Crippen LogP) is 3.05. The number of amides is 1. The van der Waals surface area contributed by atoms with Gasteiger partial charge in [-0.05, 0) is 31.7 Å². The van der Waals surface area contributed by atoms with Crippen LogP contribution < -0.4 is 4.74 Å². The third-order valence-corrected chi connectivity index (χ3v) is 5.09. The molecule has 4 nitrogen and oxygen atoms in total. The molecule has 1 saturated heterocycles. The molecule has 1 N–H and O–H groups in total. The number of hydrogen-bond acceptors (Lipinski definition) is 3. The molecule has 1 amide bonds. The molecule has 1 saturated carbocycles. The summed E-state index contributed by atoms with van der Waals surface area (Å²) >= 11 is 0. The van der Waals surface area contributed by atoms with E-state index in [9.17, 15) is 9.90 Å². The van der Waals surface area contributed by atoms with Crippen LogP contribution in [0, 0.1) is 0 Å². The first-order valence-corrected chi connectivity index (χ1v) is 8.28. The Kier molecular flexibility index (Phi) is 4.39. The molecule has 1 aromatic rings. The van der Waals surface area contributed by atoms with E-state index in [0.717, 1.165) is 56.4 Å². The smallest absolute Gasteiger partial charge is 0.225 e. The van der Waals surface area contributed by atoms with Crippen LogP contribution >= 0.6 is 0 Å². The Bertz CT molecular complexity index is 537. The maximum atomic E-state index is 12.7. The van der Waals surface area contributed by atoms with Crippen LogP contribution in [0.4, 0.5) is 0 Å². The van der Waals surface area contributed by atoms with E-state index < -0.39 is 5.60 Å². The first-order chi connectivity index (χ1) is 10.6. The molecule has 1 atom stereocenters. The minimum atomic E-state index is -0.773. The lowest BCUT2D eigenvalue weighted by Crippen LogP contribution is -2.37. The van der Waals surface area contributed by atoms with Gasteiger partial charge in [0, 0.05) is 12.1 Å². The van der Waals surface area contributed by atoms with Crippen molar-refractivity contribution in [2.75, 3.05) is 13.7 Å². The van der Waals surface area contributed by atoms with Crippen LogP contribution in [0.15, 0.2) is 24.3 Å². The summed E-state index contributed by atoms with van der Waals surface area (Å²) in [4.78, 5) is 14.7. The molecule has 3 rings (SSSR count). The zero-order chi connectivity index (χ0) is 15.6. The van der Waals surface area contributed by atoms with Crippen LogP contribution in [-0.2, 0) is 4.79 Å². The standard InChI is InChI=1S/C18H25NO3/c1-22-16-9-3-2-7-14(16)15-8-6-12-19(15)17(20)13-18(21)10-4-5-11-18/h2-3,7,9,15,21H,4-6,8,10-13H2,1H3. The van der Waals surface area contributed by atoms with Gasteiger partial charge in [-0.3, -0.25) is 4.79 Å². The number of methoxy groups -OCH3 is 1. The van der Waals surface area contributed by atoms with Crippen molar-refractivity contribution < 1.29 is 14.6 Å². The molecule has 22 heavy (non-hydrogen) atoms.